The van der Waals surface area contributed by atoms with Crippen molar-refractivity contribution < 1.29 is 31.1 Å². The quantitative estimate of drug-likeness (QED) is 0.733. The summed E-state index contributed by atoms with van der Waals surface area (Å²) in [5.41, 5.74) is -1.37. The first-order chi connectivity index (χ1) is 7.63. The predicted octanol–water partition coefficient (Wildman–Crippen LogP) is 3.82. The molecule has 0 amide bonds. The first-order valence-corrected chi connectivity index (χ1v) is 4.44. The Hall–Kier alpha value is -1.40. The normalized spacial score (nSPS) is 12.6. The third-order valence-electron chi connectivity index (χ3n) is 2.01. The van der Waals surface area contributed by atoms with Gasteiger partial charge in [-0.25, -0.2) is 0 Å². The fraction of sp³-hybridized carbons (Fsp3) is 0.400. The number of ether oxygens (including phenoxy) is 1. The molecule has 0 aliphatic carbocycles. The molecule has 0 unspecified atom stereocenters. The Labute approximate surface area is 93.0 Å². The van der Waals surface area contributed by atoms with Crippen LogP contribution in [0.3, 0.4) is 0 Å². The Bertz CT molecular complexity index is 393. The minimum atomic E-state index is -4.61. The summed E-state index contributed by atoms with van der Waals surface area (Å²) in [6, 6.07) is 1.93. The van der Waals surface area contributed by atoms with E-state index in [0.29, 0.717) is 12.1 Å². The van der Waals surface area contributed by atoms with Gasteiger partial charge < -0.3 is 4.74 Å². The van der Waals surface area contributed by atoms with Crippen molar-refractivity contribution in [2.45, 2.75) is 18.8 Å². The summed E-state index contributed by atoms with van der Waals surface area (Å²) in [6.45, 7) is 0. The molecule has 0 heterocycles. The van der Waals surface area contributed by atoms with Gasteiger partial charge in [0.2, 0.25) is 0 Å². The standard InChI is InChI=1S/C10H8F6O/c1-17-8-4-7(10(14,15)16)3-2-6(8)5-9(11,12)13/h2-4H,5H2,1H3. The number of alkyl halides is 6. The molecule has 0 saturated carbocycles. The maximum Gasteiger partial charge on any atom is 0.416 e. The molecule has 0 radical (unpaired) electrons. The van der Waals surface area contributed by atoms with Crippen molar-refractivity contribution in [3.05, 3.63) is 29.3 Å². The van der Waals surface area contributed by atoms with Crippen LogP contribution in [0.25, 0.3) is 0 Å². The van der Waals surface area contributed by atoms with Gasteiger partial charge in [-0.15, -0.1) is 0 Å². The van der Waals surface area contributed by atoms with Gasteiger partial charge in [0.1, 0.15) is 5.75 Å². The van der Waals surface area contributed by atoms with Crippen LogP contribution in [0.1, 0.15) is 11.1 Å². The molecular weight excluding hydrogens is 250 g/mol. The van der Waals surface area contributed by atoms with E-state index in [4.69, 9.17) is 0 Å². The number of hydrogen-bond donors (Lipinski definition) is 0. The molecule has 7 heteroatoms. The van der Waals surface area contributed by atoms with Gasteiger partial charge in [0.05, 0.1) is 19.1 Å². The fourth-order valence-electron chi connectivity index (χ4n) is 1.28. The SMILES string of the molecule is COc1cc(C(F)(F)F)ccc1CC(F)(F)F. The Morgan fingerprint density at radius 2 is 1.65 bits per heavy atom. The summed E-state index contributed by atoms with van der Waals surface area (Å²) in [7, 11) is 1.02. The molecule has 1 aromatic carbocycles. The van der Waals surface area contributed by atoms with Crippen LogP contribution in [-0.4, -0.2) is 13.3 Å². The van der Waals surface area contributed by atoms with Crippen molar-refractivity contribution in [1.82, 2.24) is 0 Å². The minimum absolute atomic E-state index is 0.326. The zero-order valence-corrected chi connectivity index (χ0v) is 8.62. The van der Waals surface area contributed by atoms with E-state index in [1.54, 1.807) is 0 Å². The monoisotopic (exact) mass is 258 g/mol. The van der Waals surface area contributed by atoms with Gasteiger partial charge in [-0.3, -0.25) is 0 Å². The Morgan fingerprint density at radius 3 is 2.06 bits per heavy atom. The van der Waals surface area contributed by atoms with Crippen molar-refractivity contribution in [1.29, 1.82) is 0 Å². The molecular formula is C10H8F6O. The van der Waals surface area contributed by atoms with Crippen molar-refractivity contribution in [3.8, 4) is 5.75 Å². The van der Waals surface area contributed by atoms with Crippen molar-refractivity contribution in [3.63, 3.8) is 0 Å². The molecule has 96 valence electrons. The fourth-order valence-corrected chi connectivity index (χ4v) is 1.28. The molecule has 1 aromatic rings. The van der Waals surface area contributed by atoms with Gasteiger partial charge >= 0.3 is 12.4 Å². The van der Waals surface area contributed by atoms with Gasteiger partial charge in [-0.2, -0.15) is 26.3 Å². The molecule has 0 aromatic heterocycles. The number of rotatable bonds is 2. The van der Waals surface area contributed by atoms with E-state index in [1.807, 2.05) is 0 Å². The molecule has 1 rings (SSSR count). The minimum Gasteiger partial charge on any atom is -0.496 e. The van der Waals surface area contributed by atoms with Crippen LogP contribution in [0.2, 0.25) is 0 Å². The highest BCUT2D eigenvalue weighted by atomic mass is 19.4. The highest BCUT2D eigenvalue weighted by Crippen LogP contribution is 2.35. The van der Waals surface area contributed by atoms with Crippen LogP contribution in [0.15, 0.2) is 18.2 Å². The first-order valence-electron chi connectivity index (χ1n) is 4.44. The van der Waals surface area contributed by atoms with Crippen LogP contribution in [0.4, 0.5) is 26.3 Å². The Kier molecular flexibility index (Phi) is 3.59. The molecule has 0 saturated heterocycles. The van der Waals surface area contributed by atoms with Gasteiger partial charge in [0.25, 0.3) is 0 Å². The topological polar surface area (TPSA) is 9.23 Å². The number of benzene rings is 1. The molecule has 1 nitrogen and oxygen atoms in total. The van der Waals surface area contributed by atoms with Crippen LogP contribution >= 0.6 is 0 Å². The van der Waals surface area contributed by atoms with E-state index in [0.717, 1.165) is 13.2 Å². The highest BCUT2D eigenvalue weighted by molar-refractivity contribution is 5.39. The Balaban J connectivity index is 3.10. The molecule has 17 heavy (non-hydrogen) atoms. The molecule has 0 aliphatic heterocycles. The van der Waals surface area contributed by atoms with Gasteiger partial charge in [-0.1, -0.05) is 6.07 Å². The third-order valence-corrected chi connectivity index (χ3v) is 2.01. The smallest absolute Gasteiger partial charge is 0.416 e. The predicted molar refractivity (Wildman–Crippen MR) is 47.8 cm³/mol. The largest absolute Gasteiger partial charge is 0.496 e. The van der Waals surface area contributed by atoms with Crippen molar-refractivity contribution >= 4 is 0 Å². The molecule has 0 spiro atoms. The maximum atomic E-state index is 12.3. The maximum absolute atomic E-state index is 12.3. The molecule has 0 aliphatic rings. The summed E-state index contributed by atoms with van der Waals surface area (Å²) in [4.78, 5) is 0. The van der Waals surface area contributed by atoms with E-state index < -0.39 is 30.1 Å². The van der Waals surface area contributed by atoms with E-state index >= 15 is 0 Å². The summed E-state index contributed by atoms with van der Waals surface area (Å²) < 4.78 is 77.8. The molecule has 0 atom stereocenters. The first kappa shape index (κ1) is 13.7. The van der Waals surface area contributed by atoms with Crippen molar-refractivity contribution in [2.75, 3.05) is 7.11 Å². The van der Waals surface area contributed by atoms with Crippen LogP contribution in [0.5, 0.6) is 5.75 Å². The lowest BCUT2D eigenvalue weighted by molar-refractivity contribution is -0.137. The van der Waals surface area contributed by atoms with Crippen LogP contribution < -0.4 is 4.74 Å². The molecule has 0 fully saturated rings. The molecule has 0 N–H and O–H groups in total. The molecule has 0 bridgehead atoms. The number of methoxy groups -OCH3 is 1. The highest BCUT2D eigenvalue weighted by Gasteiger charge is 2.33. The summed E-state index contributed by atoms with van der Waals surface area (Å²) in [5.74, 6) is -0.419. The average Bonchev–Trinajstić information content (AvgIpc) is 2.14. The zero-order valence-electron chi connectivity index (χ0n) is 8.62. The summed E-state index contributed by atoms with van der Waals surface area (Å²) in [5, 5.41) is 0. The van der Waals surface area contributed by atoms with E-state index in [-0.39, 0.29) is 5.56 Å². The second-order valence-corrected chi connectivity index (χ2v) is 3.32. The lowest BCUT2D eigenvalue weighted by atomic mass is 10.1. The van der Waals surface area contributed by atoms with Gasteiger partial charge in [0.15, 0.2) is 0 Å². The van der Waals surface area contributed by atoms with Crippen LogP contribution in [0, 0.1) is 0 Å². The van der Waals surface area contributed by atoms with E-state index in [2.05, 4.69) is 4.74 Å². The number of hydrogen-bond acceptors (Lipinski definition) is 1. The summed E-state index contributed by atoms with van der Waals surface area (Å²) in [6.07, 6.45) is -10.4. The van der Waals surface area contributed by atoms with Gasteiger partial charge in [-0.05, 0) is 12.1 Å². The van der Waals surface area contributed by atoms with Gasteiger partial charge in [0, 0.05) is 5.56 Å². The van der Waals surface area contributed by atoms with E-state index in [9.17, 15) is 26.3 Å². The second kappa shape index (κ2) is 4.46. The Morgan fingerprint density at radius 1 is 1.06 bits per heavy atom. The summed E-state index contributed by atoms with van der Waals surface area (Å²) >= 11 is 0. The number of halogens is 6. The lowest BCUT2D eigenvalue weighted by Gasteiger charge is -2.13. The third kappa shape index (κ3) is 3.83. The van der Waals surface area contributed by atoms with Crippen molar-refractivity contribution in [2.24, 2.45) is 0 Å². The zero-order chi connectivity index (χ0) is 13.3. The van der Waals surface area contributed by atoms with Crippen LogP contribution in [-0.2, 0) is 12.6 Å². The average molecular weight is 258 g/mol. The van der Waals surface area contributed by atoms with E-state index in [1.165, 1.54) is 0 Å². The second-order valence-electron chi connectivity index (χ2n) is 3.32. The lowest BCUT2D eigenvalue weighted by Crippen LogP contribution is -2.13.